The molecule has 1 heterocycles. The van der Waals surface area contributed by atoms with E-state index in [1.165, 1.54) is 0 Å². The van der Waals surface area contributed by atoms with Gasteiger partial charge in [-0.1, -0.05) is 18.2 Å². The van der Waals surface area contributed by atoms with E-state index in [2.05, 4.69) is 11.1 Å². The van der Waals surface area contributed by atoms with E-state index in [0.29, 0.717) is 6.61 Å². The van der Waals surface area contributed by atoms with Gasteiger partial charge in [-0.3, -0.25) is 4.98 Å². The second-order valence-electron chi connectivity index (χ2n) is 5.63. The fourth-order valence-electron chi connectivity index (χ4n) is 2.10. The number of hydrogen-bond donors (Lipinski definition) is 0. The van der Waals surface area contributed by atoms with Crippen LogP contribution in [0.3, 0.4) is 0 Å². The number of ether oxygens (including phenoxy) is 1. The number of unbranched alkanes of at least 4 members (excludes halogenated alkanes) is 1. The van der Waals surface area contributed by atoms with Crippen molar-refractivity contribution in [2.75, 3.05) is 6.61 Å². The second kappa shape index (κ2) is 6.38. The summed E-state index contributed by atoms with van der Waals surface area (Å²) in [5, 5.41) is 10.1. The SMILES string of the molecule is CC(C)(C#N)CCCCOc1cccc2cccnc12. The molecule has 0 bridgehead atoms. The Morgan fingerprint density at radius 3 is 2.80 bits per heavy atom. The van der Waals surface area contributed by atoms with Crippen LogP contribution in [0.15, 0.2) is 36.5 Å². The van der Waals surface area contributed by atoms with E-state index in [0.717, 1.165) is 35.9 Å². The maximum atomic E-state index is 8.96. The summed E-state index contributed by atoms with van der Waals surface area (Å²) in [4.78, 5) is 4.36. The van der Waals surface area contributed by atoms with Gasteiger partial charge in [0, 0.05) is 11.6 Å². The van der Waals surface area contributed by atoms with Crippen LogP contribution in [0.2, 0.25) is 0 Å². The zero-order valence-electron chi connectivity index (χ0n) is 12.1. The molecular formula is C17H20N2O. The quantitative estimate of drug-likeness (QED) is 0.732. The minimum atomic E-state index is -0.235. The first-order chi connectivity index (χ1) is 9.62. The third-order valence-electron chi connectivity index (χ3n) is 3.35. The molecule has 0 fully saturated rings. The van der Waals surface area contributed by atoms with Crippen LogP contribution in [0.5, 0.6) is 5.75 Å². The molecule has 2 aromatic rings. The van der Waals surface area contributed by atoms with E-state index in [1.807, 2.05) is 44.2 Å². The monoisotopic (exact) mass is 268 g/mol. The van der Waals surface area contributed by atoms with Crippen LogP contribution < -0.4 is 4.74 Å². The van der Waals surface area contributed by atoms with Crippen molar-refractivity contribution in [3.8, 4) is 11.8 Å². The predicted molar refractivity (Wildman–Crippen MR) is 80.5 cm³/mol. The van der Waals surface area contributed by atoms with E-state index < -0.39 is 0 Å². The number of fused-ring (bicyclic) bond motifs is 1. The molecule has 0 radical (unpaired) electrons. The zero-order valence-corrected chi connectivity index (χ0v) is 12.1. The summed E-state index contributed by atoms with van der Waals surface area (Å²) < 4.78 is 5.82. The van der Waals surface area contributed by atoms with Crippen LogP contribution in [0.4, 0.5) is 0 Å². The van der Waals surface area contributed by atoms with Crippen molar-refractivity contribution in [3.05, 3.63) is 36.5 Å². The molecule has 20 heavy (non-hydrogen) atoms. The molecule has 0 saturated carbocycles. The summed E-state index contributed by atoms with van der Waals surface area (Å²) in [5.74, 6) is 0.836. The number of aromatic nitrogens is 1. The molecule has 3 heteroatoms. The molecule has 0 aliphatic carbocycles. The normalized spacial score (nSPS) is 11.2. The highest BCUT2D eigenvalue weighted by Gasteiger charge is 2.15. The highest BCUT2D eigenvalue weighted by atomic mass is 16.5. The van der Waals surface area contributed by atoms with Gasteiger partial charge in [0.15, 0.2) is 0 Å². The first-order valence-corrected chi connectivity index (χ1v) is 7.00. The highest BCUT2D eigenvalue weighted by molar-refractivity contribution is 5.84. The average molecular weight is 268 g/mol. The summed E-state index contributed by atoms with van der Waals surface area (Å²) in [7, 11) is 0. The highest BCUT2D eigenvalue weighted by Crippen LogP contribution is 2.24. The fraction of sp³-hybridized carbons (Fsp3) is 0.412. The van der Waals surface area contributed by atoms with Gasteiger partial charge in [-0.2, -0.15) is 5.26 Å². The predicted octanol–water partition coefficient (Wildman–Crippen LogP) is 4.33. The van der Waals surface area contributed by atoms with Crippen LogP contribution in [-0.4, -0.2) is 11.6 Å². The van der Waals surface area contributed by atoms with E-state index in [9.17, 15) is 0 Å². The largest absolute Gasteiger partial charge is 0.491 e. The van der Waals surface area contributed by atoms with Gasteiger partial charge in [-0.05, 0) is 45.2 Å². The van der Waals surface area contributed by atoms with E-state index in [1.54, 1.807) is 6.20 Å². The lowest BCUT2D eigenvalue weighted by atomic mass is 9.89. The number of nitriles is 1. The minimum Gasteiger partial charge on any atom is -0.491 e. The standard InChI is InChI=1S/C17H20N2O/c1-17(2,13-18)10-3-4-12-20-15-9-5-7-14-8-6-11-19-16(14)15/h5-9,11H,3-4,10,12H2,1-2H3. The average Bonchev–Trinajstić information content (AvgIpc) is 2.47. The molecular weight excluding hydrogens is 248 g/mol. The Hall–Kier alpha value is -2.08. The van der Waals surface area contributed by atoms with Crippen LogP contribution in [0, 0.1) is 16.7 Å². The Morgan fingerprint density at radius 2 is 2.00 bits per heavy atom. The van der Waals surface area contributed by atoms with Gasteiger partial charge < -0.3 is 4.74 Å². The van der Waals surface area contributed by atoms with Crippen molar-refractivity contribution in [1.29, 1.82) is 5.26 Å². The van der Waals surface area contributed by atoms with Crippen molar-refractivity contribution in [3.63, 3.8) is 0 Å². The van der Waals surface area contributed by atoms with Gasteiger partial charge in [-0.25, -0.2) is 0 Å². The van der Waals surface area contributed by atoms with Crippen LogP contribution >= 0.6 is 0 Å². The van der Waals surface area contributed by atoms with Crippen molar-refractivity contribution in [1.82, 2.24) is 4.98 Å². The Labute approximate surface area is 120 Å². The molecule has 2 rings (SSSR count). The molecule has 0 saturated heterocycles. The molecule has 0 aliphatic heterocycles. The summed E-state index contributed by atoms with van der Waals surface area (Å²) in [6.45, 7) is 4.61. The van der Waals surface area contributed by atoms with Crippen molar-refractivity contribution in [2.24, 2.45) is 5.41 Å². The van der Waals surface area contributed by atoms with E-state index in [4.69, 9.17) is 10.00 Å². The first-order valence-electron chi connectivity index (χ1n) is 7.00. The van der Waals surface area contributed by atoms with Gasteiger partial charge in [0.2, 0.25) is 0 Å². The van der Waals surface area contributed by atoms with Gasteiger partial charge in [-0.15, -0.1) is 0 Å². The number of benzene rings is 1. The minimum absolute atomic E-state index is 0.235. The number of rotatable bonds is 6. The molecule has 0 N–H and O–H groups in total. The molecule has 1 aromatic carbocycles. The van der Waals surface area contributed by atoms with Crippen LogP contribution in [0.25, 0.3) is 10.9 Å². The summed E-state index contributed by atoms with van der Waals surface area (Å²) in [5.41, 5.74) is 0.674. The smallest absolute Gasteiger partial charge is 0.145 e. The summed E-state index contributed by atoms with van der Waals surface area (Å²) in [6.07, 6.45) is 4.64. The Kier molecular flexibility index (Phi) is 4.57. The lowest BCUT2D eigenvalue weighted by molar-refractivity contribution is 0.297. The third kappa shape index (κ3) is 3.71. The Balaban J connectivity index is 1.86. The van der Waals surface area contributed by atoms with Gasteiger partial charge in [0.25, 0.3) is 0 Å². The first kappa shape index (κ1) is 14.3. The molecule has 0 amide bonds. The van der Waals surface area contributed by atoms with Crippen molar-refractivity contribution >= 4 is 10.9 Å². The Bertz CT molecular complexity index is 608. The number of nitrogens with zero attached hydrogens (tertiary/aromatic N) is 2. The lowest BCUT2D eigenvalue weighted by Gasteiger charge is -2.14. The van der Waals surface area contributed by atoms with Gasteiger partial charge in [0.05, 0.1) is 18.1 Å². The number of pyridine rings is 1. The maximum absolute atomic E-state index is 8.96. The van der Waals surface area contributed by atoms with Crippen molar-refractivity contribution in [2.45, 2.75) is 33.1 Å². The third-order valence-corrected chi connectivity index (χ3v) is 3.35. The molecule has 0 atom stereocenters. The Morgan fingerprint density at radius 1 is 1.20 bits per heavy atom. The molecule has 3 nitrogen and oxygen atoms in total. The second-order valence-corrected chi connectivity index (χ2v) is 5.63. The number of para-hydroxylation sites is 1. The molecule has 0 unspecified atom stereocenters. The topological polar surface area (TPSA) is 45.9 Å². The van der Waals surface area contributed by atoms with Crippen molar-refractivity contribution < 1.29 is 4.74 Å². The van der Waals surface area contributed by atoms with Crippen LogP contribution in [-0.2, 0) is 0 Å². The lowest BCUT2D eigenvalue weighted by Crippen LogP contribution is -2.08. The zero-order chi connectivity index (χ0) is 14.4. The molecule has 104 valence electrons. The molecule has 0 spiro atoms. The van der Waals surface area contributed by atoms with Gasteiger partial charge >= 0.3 is 0 Å². The molecule has 0 aliphatic rings. The summed E-state index contributed by atoms with van der Waals surface area (Å²) in [6, 6.07) is 12.3. The van der Waals surface area contributed by atoms with Crippen LogP contribution in [0.1, 0.15) is 33.1 Å². The fourth-order valence-corrected chi connectivity index (χ4v) is 2.10. The van der Waals surface area contributed by atoms with E-state index >= 15 is 0 Å². The van der Waals surface area contributed by atoms with E-state index in [-0.39, 0.29) is 5.41 Å². The molecule has 1 aromatic heterocycles. The van der Waals surface area contributed by atoms with Gasteiger partial charge in [0.1, 0.15) is 11.3 Å². The maximum Gasteiger partial charge on any atom is 0.145 e. The number of hydrogen-bond acceptors (Lipinski definition) is 3. The summed E-state index contributed by atoms with van der Waals surface area (Å²) >= 11 is 0.